The highest BCUT2D eigenvalue weighted by molar-refractivity contribution is 5.84. The summed E-state index contributed by atoms with van der Waals surface area (Å²) in [4.78, 5) is 3.21. The number of benzene rings is 1. The van der Waals surface area contributed by atoms with Crippen molar-refractivity contribution in [2.45, 2.75) is 25.4 Å². The second-order valence-corrected chi connectivity index (χ2v) is 4.20. The minimum absolute atomic E-state index is 0.328. The van der Waals surface area contributed by atoms with Crippen molar-refractivity contribution < 1.29 is 5.11 Å². The Labute approximate surface area is 88.1 Å². The van der Waals surface area contributed by atoms with E-state index >= 15 is 0 Å². The summed E-state index contributed by atoms with van der Waals surface area (Å²) in [5.74, 6) is 0.328. The van der Waals surface area contributed by atoms with Gasteiger partial charge in [-0.05, 0) is 36.6 Å². The van der Waals surface area contributed by atoms with Crippen LogP contribution in [0.15, 0.2) is 24.4 Å². The number of rotatable bonds is 3. The molecule has 0 unspecified atom stereocenters. The normalized spacial score (nSPS) is 16.0. The second-order valence-electron chi connectivity index (χ2n) is 4.20. The molecule has 0 spiro atoms. The van der Waals surface area contributed by atoms with Crippen molar-refractivity contribution in [3.05, 3.63) is 30.0 Å². The molecule has 1 saturated carbocycles. The molecule has 0 aliphatic heterocycles. The Morgan fingerprint density at radius 2 is 2.27 bits per heavy atom. The lowest BCUT2D eigenvalue weighted by Crippen LogP contribution is -2.14. The molecule has 1 aromatic carbocycles. The molecule has 1 aliphatic carbocycles. The Bertz CT molecular complexity index is 485. The van der Waals surface area contributed by atoms with Gasteiger partial charge in [0, 0.05) is 29.7 Å². The lowest BCUT2D eigenvalue weighted by atomic mass is 10.1. The number of fused-ring (bicyclic) bond motifs is 1. The van der Waals surface area contributed by atoms with Gasteiger partial charge in [0.05, 0.1) is 0 Å². The predicted octanol–water partition coefficient (Wildman–Crippen LogP) is 2.13. The molecule has 0 amide bonds. The number of nitrogens with one attached hydrogen (secondary N) is 2. The first-order valence-corrected chi connectivity index (χ1v) is 5.35. The molecule has 3 nitrogen and oxygen atoms in total. The molecule has 3 heteroatoms. The molecule has 15 heavy (non-hydrogen) atoms. The molecule has 3 N–H and O–H groups in total. The lowest BCUT2D eigenvalue weighted by molar-refractivity contribution is 0.476. The standard InChI is InChI=1S/C12H14N2O/c15-10-3-4-12-11(5-10)8(7-14-12)6-13-9-1-2-9/h3-5,7,9,13-15H,1-2,6H2. The Morgan fingerprint density at radius 3 is 3.07 bits per heavy atom. The Hall–Kier alpha value is -1.48. The number of aromatic amines is 1. The number of phenols is 1. The molecule has 78 valence electrons. The van der Waals surface area contributed by atoms with E-state index in [1.54, 1.807) is 6.07 Å². The Morgan fingerprint density at radius 1 is 1.40 bits per heavy atom. The van der Waals surface area contributed by atoms with Crippen molar-refractivity contribution in [2.75, 3.05) is 0 Å². The third kappa shape index (κ3) is 1.70. The average molecular weight is 202 g/mol. The molecule has 0 radical (unpaired) electrons. The zero-order valence-corrected chi connectivity index (χ0v) is 8.46. The van der Waals surface area contributed by atoms with E-state index in [1.165, 1.54) is 18.4 Å². The van der Waals surface area contributed by atoms with Crippen LogP contribution in [-0.4, -0.2) is 16.1 Å². The summed E-state index contributed by atoms with van der Waals surface area (Å²) in [5.41, 5.74) is 2.31. The van der Waals surface area contributed by atoms with Crippen molar-refractivity contribution in [2.24, 2.45) is 0 Å². The van der Waals surface area contributed by atoms with Gasteiger partial charge in [-0.2, -0.15) is 0 Å². The molecule has 0 atom stereocenters. The zero-order chi connectivity index (χ0) is 10.3. The van der Waals surface area contributed by atoms with Gasteiger partial charge in [-0.1, -0.05) is 0 Å². The van der Waals surface area contributed by atoms with E-state index in [2.05, 4.69) is 10.3 Å². The highest BCUT2D eigenvalue weighted by Crippen LogP contribution is 2.24. The number of hydrogen-bond acceptors (Lipinski definition) is 2. The fourth-order valence-electron chi connectivity index (χ4n) is 1.85. The van der Waals surface area contributed by atoms with Crippen LogP contribution in [0.2, 0.25) is 0 Å². The minimum atomic E-state index is 0.328. The van der Waals surface area contributed by atoms with Crippen molar-refractivity contribution >= 4 is 10.9 Å². The average Bonchev–Trinajstić information content (AvgIpc) is 2.97. The van der Waals surface area contributed by atoms with Gasteiger partial charge in [-0.15, -0.1) is 0 Å². The summed E-state index contributed by atoms with van der Waals surface area (Å²) in [7, 11) is 0. The zero-order valence-electron chi connectivity index (χ0n) is 8.46. The van der Waals surface area contributed by atoms with E-state index in [9.17, 15) is 5.11 Å². The largest absolute Gasteiger partial charge is 0.508 e. The van der Waals surface area contributed by atoms with Gasteiger partial charge in [0.1, 0.15) is 5.75 Å². The molecule has 0 bridgehead atoms. The molecule has 1 aromatic heterocycles. The van der Waals surface area contributed by atoms with Crippen LogP contribution in [0.3, 0.4) is 0 Å². The number of aromatic nitrogens is 1. The van der Waals surface area contributed by atoms with Gasteiger partial charge >= 0.3 is 0 Å². The van der Waals surface area contributed by atoms with Gasteiger partial charge in [-0.3, -0.25) is 0 Å². The summed E-state index contributed by atoms with van der Waals surface area (Å²) in [6.07, 6.45) is 4.61. The molecular formula is C12H14N2O. The van der Waals surface area contributed by atoms with Gasteiger partial charge < -0.3 is 15.4 Å². The maximum Gasteiger partial charge on any atom is 0.116 e. The fraction of sp³-hybridized carbons (Fsp3) is 0.333. The Balaban J connectivity index is 1.91. The van der Waals surface area contributed by atoms with E-state index in [-0.39, 0.29) is 0 Å². The molecule has 1 heterocycles. The second kappa shape index (κ2) is 3.28. The van der Waals surface area contributed by atoms with E-state index in [1.807, 2.05) is 18.3 Å². The van der Waals surface area contributed by atoms with E-state index in [0.29, 0.717) is 11.8 Å². The number of H-pyrrole nitrogens is 1. The van der Waals surface area contributed by atoms with Gasteiger partial charge in [0.2, 0.25) is 0 Å². The van der Waals surface area contributed by atoms with Crippen LogP contribution in [0.25, 0.3) is 10.9 Å². The van der Waals surface area contributed by atoms with Crippen LogP contribution >= 0.6 is 0 Å². The van der Waals surface area contributed by atoms with E-state index in [4.69, 9.17) is 0 Å². The van der Waals surface area contributed by atoms with Crippen LogP contribution in [0.1, 0.15) is 18.4 Å². The van der Waals surface area contributed by atoms with Crippen molar-refractivity contribution in [1.82, 2.24) is 10.3 Å². The molecule has 1 fully saturated rings. The quantitative estimate of drug-likeness (QED) is 0.714. The first-order valence-electron chi connectivity index (χ1n) is 5.35. The number of aromatic hydroxyl groups is 1. The van der Waals surface area contributed by atoms with Crippen LogP contribution < -0.4 is 5.32 Å². The summed E-state index contributed by atoms with van der Waals surface area (Å²) >= 11 is 0. The van der Waals surface area contributed by atoms with Crippen LogP contribution in [0.4, 0.5) is 0 Å². The van der Waals surface area contributed by atoms with Gasteiger partial charge in [0.25, 0.3) is 0 Å². The third-order valence-electron chi connectivity index (χ3n) is 2.91. The molecule has 3 rings (SSSR count). The fourth-order valence-corrected chi connectivity index (χ4v) is 1.85. The Kier molecular flexibility index (Phi) is 1.92. The summed E-state index contributed by atoms with van der Waals surface area (Å²) in [5, 5.41) is 14.0. The van der Waals surface area contributed by atoms with Crippen LogP contribution in [0.5, 0.6) is 5.75 Å². The molecular weight excluding hydrogens is 188 g/mol. The monoisotopic (exact) mass is 202 g/mol. The van der Waals surface area contributed by atoms with Gasteiger partial charge in [0.15, 0.2) is 0 Å². The highest BCUT2D eigenvalue weighted by atomic mass is 16.3. The maximum atomic E-state index is 9.43. The first-order chi connectivity index (χ1) is 7.33. The first kappa shape index (κ1) is 8.80. The third-order valence-corrected chi connectivity index (χ3v) is 2.91. The maximum absolute atomic E-state index is 9.43. The smallest absolute Gasteiger partial charge is 0.116 e. The number of hydrogen-bond donors (Lipinski definition) is 3. The van der Waals surface area contributed by atoms with E-state index in [0.717, 1.165) is 17.4 Å². The summed E-state index contributed by atoms with van der Waals surface area (Å²) < 4.78 is 0. The number of phenolic OH excluding ortho intramolecular Hbond substituents is 1. The summed E-state index contributed by atoms with van der Waals surface area (Å²) in [6, 6.07) is 6.14. The molecule has 0 saturated heterocycles. The topological polar surface area (TPSA) is 48.0 Å². The molecule has 2 aromatic rings. The lowest BCUT2D eigenvalue weighted by Gasteiger charge is -2.01. The van der Waals surface area contributed by atoms with Crippen LogP contribution in [-0.2, 0) is 6.54 Å². The predicted molar refractivity (Wildman–Crippen MR) is 59.8 cm³/mol. The minimum Gasteiger partial charge on any atom is -0.508 e. The van der Waals surface area contributed by atoms with Crippen LogP contribution in [0, 0.1) is 0 Å². The van der Waals surface area contributed by atoms with Crippen molar-refractivity contribution in [1.29, 1.82) is 0 Å². The van der Waals surface area contributed by atoms with Crippen molar-refractivity contribution in [3.8, 4) is 5.75 Å². The highest BCUT2D eigenvalue weighted by Gasteiger charge is 2.20. The summed E-state index contributed by atoms with van der Waals surface area (Å²) in [6.45, 7) is 0.883. The van der Waals surface area contributed by atoms with Gasteiger partial charge in [-0.25, -0.2) is 0 Å². The van der Waals surface area contributed by atoms with E-state index < -0.39 is 0 Å². The SMILES string of the molecule is Oc1ccc2[nH]cc(CNC3CC3)c2c1. The van der Waals surface area contributed by atoms with Crippen molar-refractivity contribution in [3.63, 3.8) is 0 Å². The molecule has 1 aliphatic rings.